The van der Waals surface area contributed by atoms with E-state index in [0.717, 1.165) is 9.71 Å². The van der Waals surface area contributed by atoms with Gasteiger partial charge in [0.1, 0.15) is 5.52 Å². The molecule has 1 N–H and O–H groups in total. The summed E-state index contributed by atoms with van der Waals surface area (Å²) in [7, 11) is 1.53. The highest BCUT2D eigenvalue weighted by atomic mass is 32.1. The largest absolute Gasteiger partial charge is 0.503 e. The summed E-state index contributed by atoms with van der Waals surface area (Å²) in [6.45, 7) is 1.91. The van der Waals surface area contributed by atoms with E-state index >= 15 is 0 Å². The molecule has 2 aromatic rings. The number of hydrogen-bond acceptors (Lipinski definition) is 4. The Bertz CT molecular complexity index is 450. The van der Waals surface area contributed by atoms with Crippen molar-refractivity contribution in [2.75, 3.05) is 7.11 Å². The van der Waals surface area contributed by atoms with E-state index in [4.69, 9.17) is 4.74 Å². The number of ether oxygens (including phenoxy) is 1. The molecule has 0 spiro atoms. The van der Waals surface area contributed by atoms with Gasteiger partial charge in [-0.2, -0.15) is 0 Å². The van der Waals surface area contributed by atoms with Crippen molar-refractivity contribution >= 4 is 21.6 Å². The highest BCUT2D eigenvalue weighted by Gasteiger charge is 2.09. The fraction of sp³-hybridized carbons (Fsp3) is 0.222. The standard InChI is InChI=1S/C9H9NO2S/c1-5-10-8-7(13-5)4-3-6(12-2)9(8)11/h3-4,11H,1-2H3. The lowest BCUT2D eigenvalue weighted by atomic mass is 10.3. The summed E-state index contributed by atoms with van der Waals surface area (Å²) in [5.41, 5.74) is 0.627. The minimum Gasteiger partial charge on any atom is -0.503 e. The van der Waals surface area contributed by atoms with Gasteiger partial charge < -0.3 is 9.84 Å². The highest BCUT2D eigenvalue weighted by molar-refractivity contribution is 7.18. The van der Waals surface area contributed by atoms with Crippen LogP contribution in [0.2, 0.25) is 0 Å². The molecule has 3 nitrogen and oxygen atoms in total. The summed E-state index contributed by atoms with van der Waals surface area (Å²) in [6.07, 6.45) is 0. The Morgan fingerprint density at radius 1 is 1.46 bits per heavy atom. The first-order chi connectivity index (χ1) is 6.22. The minimum atomic E-state index is 0.129. The van der Waals surface area contributed by atoms with Gasteiger partial charge >= 0.3 is 0 Å². The topological polar surface area (TPSA) is 42.4 Å². The second kappa shape index (κ2) is 2.88. The average Bonchev–Trinajstić information content (AvgIpc) is 2.47. The number of aromatic hydroxyl groups is 1. The molecule has 0 fully saturated rings. The van der Waals surface area contributed by atoms with Crippen molar-refractivity contribution in [3.8, 4) is 11.5 Å². The first-order valence-electron chi connectivity index (χ1n) is 3.85. The lowest BCUT2D eigenvalue weighted by molar-refractivity contribution is 0.376. The van der Waals surface area contributed by atoms with E-state index in [-0.39, 0.29) is 5.75 Å². The van der Waals surface area contributed by atoms with Crippen molar-refractivity contribution in [3.63, 3.8) is 0 Å². The van der Waals surface area contributed by atoms with Crippen LogP contribution in [0.4, 0.5) is 0 Å². The molecule has 0 amide bonds. The molecule has 0 saturated heterocycles. The van der Waals surface area contributed by atoms with E-state index in [1.54, 1.807) is 17.4 Å². The summed E-state index contributed by atoms with van der Waals surface area (Å²) in [5.74, 6) is 0.599. The fourth-order valence-corrected chi connectivity index (χ4v) is 2.07. The number of hydrogen-bond donors (Lipinski definition) is 1. The van der Waals surface area contributed by atoms with Crippen LogP contribution in [0.3, 0.4) is 0 Å². The normalized spacial score (nSPS) is 10.6. The van der Waals surface area contributed by atoms with E-state index < -0.39 is 0 Å². The summed E-state index contributed by atoms with van der Waals surface area (Å²) in [6, 6.07) is 3.65. The lowest BCUT2D eigenvalue weighted by Gasteiger charge is -2.01. The first-order valence-corrected chi connectivity index (χ1v) is 4.67. The first kappa shape index (κ1) is 8.31. The Kier molecular flexibility index (Phi) is 1.84. The molecule has 0 saturated carbocycles. The maximum Gasteiger partial charge on any atom is 0.185 e. The number of nitrogens with zero attached hydrogens (tertiary/aromatic N) is 1. The van der Waals surface area contributed by atoms with Gasteiger partial charge in [0.2, 0.25) is 0 Å². The molecule has 0 radical (unpaired) electrons. The molecule has 1 heterocycles. The van der Waals surface area contributed by atoms with Gasteiger partial charge in [-0.1, -0.05) is 0 Å². The molecule has 68 valence electrons. The Hall–Kier alpha value is -1.29. The molecule has 0 aliphatic rings. The fourth-order valence-electron chi connectivity index (χ4n) is 1.24. The van der Waals surface area contributed by atoms with E-state index in [1.165, 1.54) is 7.11 Å². The van der Waals surface area contributed by atoms with Crippen LogP contribution < -0.4 is 4.74 Å². The third-order valence-corrected chi connectivity index (χ3v) is 2.76. The molecule has 0 aliphatic carbocycles. The van der Waals surface area contributed by atoms with E-state index in [1.807, 2.05) is 13.0 Å². The maximum atomic E-state index is 9.68. The Labute approximate surface area is 79.6 Å². The van der Waals surface area contributed by atoms with Gasteiger partial charge in [-0.05, 0) is 19.1 Å². The third kappa shape index (κ3) is 1.23. The molecule has 0 unspecified atom stereocenters. The van der Waals surface area contributed by atoms with Gasteiger partial charge in [-0.3, -0.25) is 0 Å². The Morgan fingerprint density at radius 2 is 2.23 bits per heavy atom. The molecule has 1 aromatic carbocycles. The number of aromatic nitrogens is 1. The summed E-state index contributed by atoms with van der Waals surface area (Å²) < 4.78 is 5.96. The van der Waals surface area contributed by atoms with Crippen LogP contribution in [-0.2, 0) is 0 Å². The zero-order chi connectivity index (χ0) is 9.42. The summed E-state index contributed by atoms with van der Waals surface area (Å²) in [5, 5.41) is 10.6. The zero-order valence-corrected chi connectivity index (χ0v) is 8.18. The highest BCUT2D eigenvalue weighted by Crippen LogP contribution is 2.36. The quantitative estimate of drug-likeness (QED) is 0.759. The minimum absolute atomic E-state index is 0.129. The SMILES string of the molecule is COc1ccc2sc(C)nc2c1O. The van der Waals surface area contributed by atoms with E-state index in [9.17, 15) is 5.11 Å². The predicted octanol–water partition coefficient (Wildman–Crippen LogP) is 2.32. The van der Waals surface area contributed by atoms with Crippen LogP contribution in [0.15, 0.2) is 12.1 Å². The van der Waals surface area contributed by atoms with Crippen LogP contribution in [0.25, 0.3) is 10.2 Å². The molecule has 13 heavy (non-hydrogen) atoms. The van der Waals surface area contributed by atoms with Crippen molar-refractivity contribution < 1.29 is 9.84 Å². The number of phenolic OH excluding ortho intramolecular Hbond substituents is 1. The van der Waals surface area contributed by atoms with Crippen LogP contribution in [0.1, 0.15) is 5.01 Å². The number of benzene rings is 1. The molecule has 2 rings (SSSR count). The number of fused-ring (bicyclic) bond motifs is 1. The van der Waals surface area contributed by atoms with Gasteiger partial charge in [0, 0.05) is 0 Å². The van der Waals surface area contributed by atoms with Crippen LogP contribution in [0, 0.1) is 6.92 Å². The molecular formula is C9H9NO2S. The van der Waals surface area contributed by atoms with Crippen LogP contribution >= 0.6 is 11.3 Å². The Morgan fingerprint density at radius 3 is 2.92 bits per heavy atom. The summed E-state index contributed by atoms with van der Waals surface area (Å²) >= 11 is 1.56. The van der Waals surface area contributed by atoms with Crippen LogP contribution in [-0.4, -0.2) is 17.2 Å². The van der Waals surface area contributed by atoms with Gasteiger partial charge in [0.05, 0.1) is 16.8 Å². The van der Waals surface area contributed by atoms with Crippen molar-refractivity contribution in [2.24, 2.45) is 0 Å². The monoisotopic (exact) mass is 195 g/mol. The number of rotatable bonds is 1. The zero-order valence-electron chi connectivity index (χ0n) is 7.37. The van der Waals surface area contributed by atoms with E-state index in [2.05, 4.69) is 4.98 Å². The van der Waals surface area contributed by atoms with Crippen molar-refractivity contribution in [3.05, 3.63) is 17.1 Å². The number of aryl methyl sites for hydroxylation is 1. The van der Waals surface area contributed by atoms with Crippen molar-refractivity contribution in [2.45, 2.75) is 6.92 Å². The molecular weight excluding hydrogens is 186 g/mol. The van der Waals surface area contributed by atoms with Gasteiger partial charge in [0.25, 0.3) is 0 Å². The molecule has 4 heteroatoms. The van der Waals surface area contributed by atoms with Crippen LogP contribution in [0.5, 0.6) is 11.5 Å². The number of phenols is 1. The second-order valence-corrected chi connectivity index (χ2v) is 3.93. The Balaban J connectivity index is 2.78. The van der Waals surface area contributed by atoms with E-state index in [0.29, 0.717) is 11.3 Å². The molecule has 1 aromatic heterocycles. The van der Waals surface area contributed by atoms with Gasteiger partial charge in [-0.15, -0.1) is 11.3 Å². The van der Waals surface area contributed by atoms with Gasteiger partial charge in [0.15, 0.2) is 11.5 Å². The third-order valence-electron chi connectivity index (χ3n) is 1.82. The number of methoxy groups -OCH3 is 1. The van der Waals surface area contributed by atoms with Gasteiger partial charge in [-0.25, -0.2) is 4.98 Å². The van der Waals surface area contributed by atoms with Crippen molar-refractivity contribution in [1.82, 2.24) is 4.98 Å². The second-order valence-electron chi connectivity index (χ2n) is 2.70. The smallest absolute Gasteiger partial charge is 0.185 e. The predicted molar refractivity (Wildman–Crippen MR) is 52.6 cm³/mol. The average molecular weight is 195 g/mol. The van der Waals surface area contributed by atoms with Crippen molar-refractivity contribution in [1.29, 1.82) is 0 Å². The number of thiazole rings is 1. The molecule has 0 bridgehead atoms. The molecule has 0 atom stereocenters. The molecule has 0 aliphatic heterocycles. The lowest BCUT2D eigenvalue weighted by Crippen LogP contribution is -1.83. The summed E-state index contributed by atoms with van der Waals surface area (Å²) in [4.78, 5) is 4.21. The maximum absolute atomic E-state index is 9.68.